The summed E-state index contributed by atoms with van der Waals surface area (Å²) in [4.78, 5) is 2.67. The number of anilines is 2. The number of furan rings is 1. The van der Waals surface area contributed by atoms with Gasteiger partial charge in [0.25, 0.3) is 0 Å². The summed E-state index contributed by atoms with van der Waals surface area (Å²) in [7, 11) is 0. The molecule has 0 bridgehead atoms. The van der Waals surface area contributed by atoms with Crippen molar-refractivity contribution >= 4 is 136 Å². The number of aromatic nitrogens is 1. The minimum Gasteiger partial charge on any atom is -0.456 e. The molecule has 58 heavy (non-hydrogen) atoms. The van der Waals surface area contributed by atoms with E-state index in [1.165, 1.54) is 107 Å². The molecule has 0 amide bonds. The third kappa shape index (κ3) is 3.99. The van der Waals surface area contributed by atoms with Crippen LogP contribution in [-0.2, 0) is 5.41 Å². The molecule has 12 aromatic rings. The summed E-state index contributed by atoms with van der Waals surface area (Å²) in [6.45, 7) is 6.85. The Morgan fingerprint density at radius 3 is 1.91 bits per heavy atom. The quantitative estimate of drug-likeness (QED) is 0.155. The highest BCUT2D eigenvalue weighted by Crippen LogP contribution is 2.50. The van der Waals surface area contributed by atoms with Crippen LogP contribution in [0.5, 0.6) is 0 Å². The largest absolute Gasteiger partial charge is 0.456 e. The first-order valence-electron chi connectivity index (χ1n) is 20.1. The Morgan fingerprint density at radius 2 is 1.17 bits per heavy atom. The van der Waals surface area contributed by atoms with Gasteiger partial charge in [-0.3, -0.25) is 0 Å². The summed E-state index contributed by atoms with van der Waals surface area (Å²) in [5.74, 6) is 0. The van der Waals surface area contributed by atoms with Crippen molar-refractivity contribution in [3.05, 3.63) is 151 Å². The fourth-order valence-corrected chi connectivity index (χ4v) is 12.7. The van der Waals surface area contributed by atoms with Crippen LogP contribution >= 0.6 is 22.7 Å². The highest BCUT2D eigenvalue weighted by molar-refractivity contribution is 7.26. The van der Waals surface area contributed by atoms with Gasteiger partial charge in [-0.05, 0) is 94.2 Å². The lowest BCUT2D eigenvalue weighted by Gasteiger charge is -2.42. The topological polar surface area (TPSA) is 21.3 Å². The predicted molar refractivity (Wildman–Crippen MR) is 252 cm³/mol. The summed E-state index contributed by atoms with van der Waals surface area (Å²) in [6, 6.07) is 55.2. The zero-order chi connectivity index (χ0) is 38.2. The molecule has 0 saturated heterocycles. The molecule has 0 aliphatic carbocycles. The number of fused-ring (bicyclic) bond motifs is 17. The van der Waals surface area contributed by atoms with Gasteiger partial charge in [0.05, 0.1) is 11.0 Å². The molecule has 0 N–H and O–H groups in total. The SMILES string of the molecule is CC(C)(C)c1ccc(N2B3c4cc5sc6ccccc6c5cc4-n4c5cc6c(cc5c5ccc(c3c54)-c3cc4sc5ccccc5c4cc32)oc2ccccc26)cc1. The van der Waals surface area contributed by atoms with Crippen LogP contribution in [-0.4, -0.2) is 11.4 Å². The Bertz CT molecular complexity index is 3800. The molecule has 0 fully saturated rings. The van der Waals surface area contributed by atoms with Gasteiger partial charge in [-0.25, -0.2) is 0 Å². The second-order valence-corrected chi connectivity index (χ2v) is 19.4. The van der Waals surface area contributed by atoms with Crippen molar-refractivity contribution in [2.24, 2.45) is 0 Å². The fraction of sp³-hybridized carbons (Fsp3) is 0.0769. The Labute approximate surface area is 342 Å². The average Bonchev–Trinajstić information content (AvgIpc) is 3.99. The number of hydrogen-bond donors (Lipinski definition) is 0. The van der Waals surface area contributed by atoms with Crippen molar-refractivity contribution in [1.82, 2.24) is 4.57 Å². The van der Waals surface area contributed by atoms with Crippen LogP contribution < -0.4 is 15.7 Å². The molecule has 2 aliphatic rings. The lowest BCUT2D eigenvalue weighted by molar-refractivity contribution is 0.590. The molecule has 0 unspecified atom stereocenters. The van der Waals surface area contributed by atoms with E-state index in [1.54, 1.807) is 0 Å². The van der Waals surface area contributed by atoms with Crippen molar-refractivity contribution in [3.63, 3.8) is 0 Å². The molecule has 3 nitrogen and oxygen atoms in total. The Balaban J connectivity index is 1.17. The number of hydrogen-bond acceptors (Lipinski definition) is 4. The van der Waals surface area contributed by atoms with Crippen LogP contribution in [0.15, 0.2) is 150 Å². The summed E-state index contributed by atoms with van der Waals surface area (Å²) in [6.07, 6.45) is 0. The molecule has 2 aliphatic heterocycles. The number of rotatable bonds is 1. The number of nitrogens with zero attached hydrogens (tertiary/aromatic N) is 2. The van der Waals surface area contributed by atoms with Crippen LogP contribution in [0, 0.1) is 0 Å². The standard InChI is InChI=1S/C52H33BN2OS2/c1-52(2,3)28-16-18-29(19-17-28)55-42-23-38-31-11-5-8-14-46(31)57-48(38)26-36(42)33-20-21-34-35-25-45-37(30-10-4-7-13-44(30)56-45)22-41(35)54-43-24-39-32-12-6-9-15-47(32)58-49(39)27-40(43)53(55)50(33)51(34)54/h4-27H,1-3H3. The first kappa shape index (κ1) is 31.7. The van der Waals surface area contributed by atoms with Crippen LogP contribution in [0.2, 0.25) is 0 Å². The van der Waals surface area contributed by atoms with Crippen molar-refractivity contribution < 1.29 is 4.42 Å². The lowest BCUT2D eigenvalue weighted by Crippen LogP contribution is -2.60. The maximum Gasteiger partial charge on any atom is 0.333 e. The summed E-state index contributed by atoms with van der Waals surface area (Å²) < 4.78 is 14.4. The molecule has 0 saturated carbocycles. The number of thiophene rings is 2. The molecule has 14 rings (SSSR count). The van der Waals surface area contributed by atoms with Crippen LogP contribution in [0.1, 0.15) is 26.3 Å². The molecule has 4 aromatic heterocycles. The molecule has 0 radical (unpaired) electrons. The summed E-state index contributed by atoms with van der Waals surface area (Å²) in [5.41, 5.74) is 14.8. The predicted octanol–water partition coefficient (Wildman–Crippen LogP) is 14.0. The molecule has 6 heterocycles. The van der Waals surface area contributed by atoms with Gasteiger partial charge in [-0.15, -0.1) is 22.7 Å². The molecule has 0 spiro atoms. The van der Waals surface area contributed by atoms with Gasteiger partial charge >= 0.3 is 6.85 Å². The van der Waals surface area contributed by atoms with E-state index >= 15 is 0 Å². The van der Waals surface area contributed by atoms with E-state index in [2.05, 4.69) is 176 Å². The van der Waals surface area contributed by atoms with Crippen molar-refractivity contribution in [2.45, 2.75) is 26.2 Å². The van der Waals surface area contributed by atoms with Gasteiger partial charge in [-0.2, -0.15) is 0 Å². The highest BCUT2D eigenvalue weighted by atomic mass is 32.1. The highest BCUT2D eigenvalue weighted by Gasteiger charge is 2.44. The minimum absolute atomic E-state index is 0.0501. The first-order valence-corrected chi connectivity index (χ1v) is 21.7. The molecule has 6 heteroatoms. The van der Waals surface area contributed by atoms with E-state index in [1.807, 2.05) is 22.7 Å². The zero-order valence-corrected chi connectivity index (χ0v) is 33.7. The Hall–Kier alpha value is -6.34. The maximum absolute atomic E-state index is 6.55. The Kier molecular flexibility index (Phi) is 5.90. The van der Waals surface area contributed by atoms with Gasteiger partial charge in [0.15, 0.2) is 0 Å². The van der Waals surface area contributed by atoms with E-state index in [0.29, 0.717) is 0 Å². The van der Waals surface area contributed by atoms with Crippen LogP contribution in [0.3, 0.4) is 0 Å². The number of para-hydroxylation sites is 1. The van der Waals surface area contributed by atoms with Gasteiger partial charge < -0.3 is 13.8 Å². The lowest BCUT2D eigenvalue weighted by atomic mass is 9.44. The van der Waals surface area contributed by atoms with Crippen molar-refractivity contribution in [2.75, 3.05) is 4.81 Å². The van der Waals surface area contributed by atoms with Crippen molar-refractivity contribution in [1.29, 1.82) is 0 Å². The normalized spacial score (nSPS) is 13.7. The third-order valence-corrected chi connectivity index (χ3v) is 15.4. The van der Waals surface area contributed by atoms with Gasteiger partial charge in [0.2, 0.25) is 0 Å². The van der Waals surface area contributed by atoms with E-state index < -0.39 is 0 Å². The minimum atomic E-state index is -0.0562. The molecular weight excluding hydrogens is 744 g/mol. The van der Waals surface area contributed by atoms with Crippen LogP contribution in [0.4, 0.5) is 11.4 Å². The average molecular weight is 777 g/mol. The van der Waals surface area contributed by atoms with Gasteiger partial charge in [0, 0.05) is 84.5 Å². The fourth-order valence-electron chi connectivity index (χ4n) is 10.4. The smallest absolute Gasteiger partial charge is 0.333 e. The molecule has 272 valence electrons. The van der Waals surface area contributed by atoms with E-state index in [0.717, 1.165) is 21.9 Å². The summed E-state index contributed by atoms with van der Waals surface area (Å²) >= 11 is 3.80. The second kappa shape index (κ2) is 10.8. The number of benzene rings is 8. The van der Waals surface area contributed by atoms with Crippen molar-refractivity contribution in [3.8, 4) is 16.8 Å². The van der Waals surface area contributed by atoms with Crippen LogP contribution in [0.25, 0.3) is 101 Å². The van der Waals surface area contributed by atoms with Gasteiger partial charge in [-0.1, -0.05) is 99.6 Å². The molecule has 8 aromatic carbocycles. The second-order valence-electron chi connectivity index (χ2n) is 17.3. The van der Waals surface area contributed by atoms with E-state index in [4.69, 9.17) is 4.42 Å². The molecule has 0 atom stereocenters. The first-order chi connectivity index (χ1) is 28.4. The van der Waals surface area contributed by atoms with E-state index in [9.17, 15) is 0 Å². The summed E-state index contributed by atoms with van der Waals surface area (Å²) in [5, 5.41) is 10.1. The third-order valence-electron chi connectivity index (χ3n) is 13.1. The Morgan fingerprint density at radius 1 is 0.500 bits per heavy atom. The zero-order valence-electron chi connectivity index (χ0n) is 32.1. The molecular formula is C52H33BN2OS2. The monoisotopic (exact) mass is 776 g/mol. The van der Waals surface area contributed by atoms with Gasteiger partial charge in [0.1, 0.15) is 11.2 Å². The van der Waals surface area contributed by atoms with E-state index in [-0.39, 0.29) is 12.3 Å². The maximum atomic E-state index is 6.55.